The molecule has 1 N–H and O–H groups in total. The average molecular weight is 191 g/mol. The Kier molecular flexibility index (Phi) is 4.34. The van der Waals surface area contributed by atoms with Gasteiger partial charge in [0.25, 0.3) is 5.91 Å². The molecular weight excluding hydrogens is 178 g/mol. The molecule has 74 valence electrons. The molecule has 0 aliphatic heterocycles. The quantitative estimate of drug-likeness (QED) is 0.574. The zero-order chi connectivity index (χ0) is 10.2. The zero-order valence-corrected chi connectivity index (χ0v) is 8.10. The van der Waals surface area contributed by atoms with E-state index < -0.39 is 0 Å². The summed E-state index contributed by atoms with van der Waals surface area (Å²) in [6, 6.07) is 1.64. The van der Waals surface area contributed by atoms with Crippen molar-refractivity contribution >= 4 is 5.91 Å². The number of allylic oxidation sites excluding steroid dienone is 1. The SMILES string of the molecule is C/C=C/CCNC(=O)c1ccnnc1. The second-order valence-corrected chi connectivity index (χ2v) is 2.74. The van der Waals surface area contributed by atoms with Gasteiger partial charge < -0.3 is 5.32 Å². The Bertz CT molecular complexity index is 308. The van der Waals surface area contributed by atoms with Crippen LogP contribution >= 0.6 is 0 Å². The van der Waals surface area contributed by atoms with Gasteiger partial charge in [0, 0.05) is 6.54 Å². The van der Waals surface area contributed by atoms with Crippen molar-refractivity contribution in [3.63, 3.8) is 0 Å². The third-order valence-corrected chi connectivity index (χ3v) is 1.68. The molecule has 0 unspecified atom stereocenters. The molecule has 0 spiro atoms. The number of carbonyl (C=O) groups is 1. The maximum atomic E-state index is 11.4. The van der Waals surface area contributed by atoms with E-state index in [9.17, 15) is 4.79 Å². The van der Waals surface area contributed by atoms with Crippen LogP contribution in [0.5, 0.6) is 0 Å². The topological polar surface area (TPSA) is 54.9 Å². The molecule has 0 aliphatic rings. The molecule has 0 aromatic carbocycles. The van der Waals surface area contributed by atoms with Gasteiger partial charge in [0.2, 0.25) is 0 Å². The molecule has 0 saturated carbocycles. The van der Waals surface area contributed by atoms with Gasteiger partial charge >= 0.3 is 0 Å². The molecule has 4 nitrogen and oxygen atoms in total. The Labute approximate surface area is 83.1 Å². The minimum atomic E-state index is -0.107. The van der Waals surface area contributed by atoms with Gasteiger partial charge in [-0.15, -0.1) is 0 Å². The van der Waals surface area contributed by atoms with Crippen LogP contribution in [0.15, 0.2) is 30.6 Å². The van der Waals surface area contributed by atoms with Crippen molar-refractivity contribution in [3.05, 3.63) is 36.2 Å². The fraction of sp³-hybridized carbons (Fsp3) is 0.300. The highest BCUT2D eigenvalue weighted by molar-refractivity contribution is 5.93. The van der Waals surface area contributed by atoms with E-state index in [1.807, 2.05) is 19.1 Å². The normalized spacial score (nSPS) is 10.4. The van der Waals surface area contributed by atoms with Crippen molar-refractivity contribution in [2.75, 3.05) is 6.54 Å². The highest BCUT2D eigenvalue weighted by Gasteiger charge is 2.02. The van der Waals surface area contributed by atoms with Crippen molar-refractivity contribution in [1.29, 1.82) is 0 Å². The molecule has 0 saturated heterocycles. The maximum Gasteiger partial charge on any atom is 0.252 e. The van der Waals surface area contributed by atoms with Gasteiger partial charge in [-0.25, -0.2) is 0 Å². The summed E-state index contributed by atoms with van der Waals surface area (Å²) in [4.78, 5) is 11.4. The van der Waals surface area contributed by atoms with E-state index in [-0.39, 0.29) is 5.91 Å². The number of hydrogen-bond donors (Lipinski definition) is 1. The summed E-state index contributed by atoms with van der Waals surface area (Å²) < 4.78 is 0. The minimum Gasteiger partial charge on any atom is -0.352 e. The highest BCUT2D eigenvalue weighted by atomic mass is 16.1. The average Bonchev–Trinajstić information content (AvgIpc) is 2.25. The summed E-state index contributed by atoms with van der Waals surface area (Å²) in [5.41, 5.74) is 0.542. The van der Waals surface area contributed by atoms with Crippen LogP contribution in [-0.2, 0) is 0 Å². The van der Waals surface area contributed by atoms with E-state index in [2.05, 4.69) is 15.5 Å². The third-order valence-electron chi connectivity index (χ3n) is 1.68. The lowest BCUT2D eigenvalue weighted by Crippen LogP contribution is -2.24. The second kappa shape index (κ2) is 5.85. The summed E-state index contributed by atoms with van der Waals surface area (Å²) in [6.45, 7) is 2.60. The van der Waals surface area contributed by atoms with Gasteiger partial charge in [0.1, 0.15) is 0 Å². The number of rotatable bonds is 4. The maximum absolute atomic E-state index is 11.4. The molecule has 0 bridgehead atoms. The minimum absolute atomic E-state index is 0.107. The first kappa shape index (κ1) is 10.4. The molecule has 1 aromatic rings. The number of nitrogens with one attached hydrogen (secondary N) is 1. The lowest BCUT2D eigenvalue weighted by molar-refractivity contribution is 0.0954. The van der Waals surface area contributed by atoms with Crippen LogP contribution in [-0.4, -0.2) is 22.6 Å². The molecule has 0 radical (unpaired) electrons. The molecule has 1 rings (SSSR count). The number of aromatic nitrogens is 2. The van der Waals surface area contributed by atoms with Crippen molar-refractivity contribution in [2.45, 2.75) is 13.3 Å². The standard InChI is InChI=1S/C10H13N3O/c1-2-3-4-6-11-10(14)9-5-7-12-13-8-9/h2-3,5,7-8H,4,6H2,1H3,(H,11,14)/b3-2+. The fourth-order valence-electron chi connectivity index (χ4n) is 0.963. The Morgan fingerprint density at radius 2 is 2.43 bits per heavy atom. The van der Waals surface area contributed by atoms with E-state index in [0.717, 1.165) is 6.42 Å². The first-order valence-electron chi connectivity index (χ1n) is 4.50. The van der Waals surface area contributed by atoms with Gasteiger partial charge in [-0.3, -0.25) is 4.79 Å². The summed E-state index contributed by atoms with van der Waals surface area (Å²) >= 11 is 0. The van der Waals surface area contributed by atoms with E-state index >= 15 is 0 Å². The van der Waals surface area contributed by atoms with Crippen molar-refractivity contribution in [1.82, 2.24) is 15.5 Å². The molecule has 0 atom stereocenters. The van der Waals surface area contributed by atoms with Crippen molar-refractivity contribution < 1.29 is 4.79 Å². The van der Waals surface area contributed by atoms with E-state index in [1.165, 1.54) is 12.4 Å². The predicted octanol–water partition coefficient (Wildman–Crippen LogP) is 1.17. The summed E-state index contributed by atoms with van der Waals surface area (Å²) in [5, 5.41) is 10.00. The molecule has 1 aromatic heterocycles. The van der Waals surface area contributed by atoms with Gasteiger partial charge in [0.15, 0.2) is 0 Å². The Morgan fingerprint density at radius 3 is 3.07 bits per heavy atom. The lowest BCUT2D eigenvalue weighted by atomic mass is 10.3. The second-order valence-electron chi connectivity index (χ2n) is 2.74. The smallest absolute Gasteiger partial charge is 0.252 e. The van der Waals surface area contributed by atoms with Crippen LogP contribution in [0.3, 0.4) is 0 Å². The molecule has 0 fully saturated rings. The molecule has 0 aliphatic carbocycles. The van der Waals surface area contributed by atoms with E-state index in [1.54, 1.807) is 6.07 Å². The van der Waals surface area contributed by atoms with Gasteiger partial charge in [0.05, 0.1) is 18.0 Å². The van der Waals surface area contributed by atoms with Crippen LogP contribution in [0.25, 0.3) is 0 Å². The van der Waals surface area contributed by atoms with Crippen LogP contribution in [0.4, 0.5) is 0 Å². The zero-order valence-electron chi connectivity index (χ0n) is 8.10. The first-order chi connectivity index (χ1) is 6.84. The highest BCUT2D eigenvalue weighted by Crippen LogP contribution is 1.93. The van der Waals surface area contributed by atoms with Crippen molar-refractivity contribution in [3.8, 4) is 0 Å². The molecule has 1 heterocycles. The Morgan fingerprint density at radius 1 is 1.57 bits per heavy atom. The summed E-state index contributed by atoms with van der Waals surface area (Å²) in [5.74, 6) is -0.107. The van der Waals surface area contributed by atoms with Gasteiger partial charge in [-0.05, 0) is 19.4 Å². The van der Waals surface area contributed by atoms with Crippen molar-refractivity contribution in [2.24, 2.45) is 0 Å². The Hall–Kier alpha value is -1.71. The first-order valence-corrected chi connectivity index (χ1v) is 4.50. The van der Waals surface area contributed by atoms with Gasteiger partial charge in [-0.1, -0.05) is 12.2 Å². The fourth-order valence-corrected chi connectivity index (χ4v) is 0.963. The van der Waals surface area contributed by atoms with Crippen LogP contribution in [0, 0.1) is 0 Å². The summed E-state index contributed by atoms with van der Waals surface area (Å²) in [6.07, 6.45) is 7.76. The number of amides is 1. The van der Waals surface area contributed by atoms with E-state index in [4.69, 9.17) is 0 Å². The molecule has 14 heavy (non-hydrogen) atoms. The van der Waals surface area contributed by atoms with Crippen LogP contribution in [0.2, 0.25) is 0 Å². The molecule has 4 heteroatoms. The number of hydrogen-bond acceptors (Lipinski definition) is 3. The van der Waals surface area contributed by atoms with Gasteiger partial charge in [-0.2, -0.15) is 10.2 Å². The largest absolute Gasteiger partial charge is 0.352 e. The number of nitrogens with zero attached hydrogens (tertiary/aromatic N) is 2. The summed E-state index contributed by atoms with van der Waals surface area (Å²) in [7, 11) is 0. The monoisotopic (exact) mass is 191 g/mol. The molecular formula is C10H13N3O. The van der Waals surface area contributed by atoms with E-state index in [0.29, 0.717) is 12.1 Å². The Balaban J connectivity index is 2.36. The van der Waals surface area contributed by atoms with Crippen LogP contribution < -0.4 is 5.32 Å². The predicted molar refractivity (Wildman–Crippen MR) is 53.8 cm³/mol. The molecule has 1 amide bonds. The lowest BCUT2D eigenvalue weighted by Gasteiger charge is -2.01. The number of carbonyl (C=O) groups excluding carboxylic acids is 1. The third kappa shape index (κ3) is 3.35. The van der Waals surface area contributed by atoms with Crippen LogP contribution in [0.1, 0.15) is 23.7 Å².